The van der Waals surface area contributed by atoms with Crippen LogP contribution in [0.3, 0.4) is 0 Å². The maximum Gasteiger partial charge on any atom is 0.324 e. The first-order valence-corrected chi connectivity index (χ1v) is 2.08. The SMILES string of the molecule is [2H][C@](N)(COC=O)C(=O)O. The van der Waals surface area contributed by atoms with E-state index in [4.69, 9.17) is 12.2 Å². The van der Waals surface area contributed by atoms with Gasteiger partial charge in [-0.3, -0.25) is 9.59 Å². The highest BCUT2D eigenvalue weighted by Gasteiger charge is 2.10. The van der Waals surface area contributed by atoms with E-state index in [0.717, 1.165) is 0 Å². The minimum absolute atomic E-state index is 0.0408. The van der Waals surface area contributed by atoms with Gasteiger partial charge in [0.05, 0.1) is 1.37 Å². The van der Waals surface area contributed by atoms with Gasteiger partial charge in [-0.25, -0.2) is 0 Å². The first-order valence-electron chi connectivity index (χ1n) is 2.58. The molecule has 0 bridgehead atoms. The molecule has 0 heterocycles. The minimum atomic E-state index is -2.24. The third-order valence-electron chi connectivity index (χ3n) is 0.582. The van der Waals surface area contributed by atoms with Gasteiger partial charge in [-0.15, -0.1) is 0 Å². The number of carbonyl (C=O) groups is 2. The maximum absolute atomic E-state index is 10.0. The van der Waals surface area contributed by atoms with Gasteiger partial charge in [0.2, 0.25) is 0 Å². The van der Waals surface area contributed by atoms with E-state index in [2.05, 4.69) is 4.74 Å². The van der Waals surface area contributed by atoms with E-state index in [0.29, 0.717) is 0 Å². The third kappa shape index (κ3) is 3.48. The molecular formula is C4H7NO4. The number of aliphatic carboxylic acids is 1. The summed E-state index contributed by atoms with van der Waals surface area (Å²) in [5.74, 6) is -1.53. The molecule has 3 N–H and O–H groups in total. The van der Waals surface area contributed by atoms with Crippen molar-refractivity contribution >= 4 is 12.4 Å². The fourth-order valence-electron chi connectivity index (χ4n) is 0.186. The standard InChI is InChI=1S/C4H7NO4/c5-3(4(7)8)1-9-2-6/h2-3H,1,5H2,(H,7,8)/t3-/m0/s1/i3D. The molecule has 0 rings (SSSR count). The topological polar surface area (TPSA) is 89.6 Å². The number of carboxylic acids is 1. The molecule has 0 unspecified atom stereocenters. The van der Waals surface area contributed by atoms with E-state index < -0.39 is 18.6 Å². The van der Waals surface area contributed by atoms with E-state index in [9.17, 15) is 9.59 Å². The molecule has 9 heavy (non-hydrogen) atoms. The number of carboxylic acid groups (broad SMARTS) is 1. The van der Waals surface area contributed by atoms with Crippen molar-refractivity contribution in [3.63, 3.8) is 0 Å². The Morgan fingerprint density at radius 3 is 3.00 bits per heavy atom. The van der Waals surface area contributed by atoms with Crippen LogP contribution >= 0.6 is 0 Å². The van der Waals surface area contributed by atoms with Crippen LogP contribution in [-0.2, 0) is 14.3 Å². The summed E-state index contributed by atoms with van der Waals surface area (Å²) in [5.41, 5.74) is 4.83. The Morgan fingerprint density at radius 2 is 2.67 bits per heavy atom. The summed E-state index contributed by atoms with van der Waals surface area (Å²) in [6.45, 7) is -0.606. The van der Waals surface area contributed by atoms with Gasteiger partial charge in [0.15, 0.2) is 0 Å². The number of carbonyl (C=O) groups excluding carboxylic acids is 1. The summed E-state index contributed by atoms with van der Waals surface area (Å²) in [7, 11) is 0. The maximum atomic E-state index is 10.0. The van der Waals surface area contributed by atoms with Crippen molar-refractivity contribution in [3.05, 3.63) is 0 Å². The molecule has 52 valence electrons. The largest absolute Gasteiger partial charge is 0.480 e. The van der Waals surface area contributed by atoms with E-state index in [1.807, 2.05) is 0 Å². The second-order valence-corrected chi connectivity index (χ2v) is 1.24. The van der Waals surface area contributed by atoms with E-state index in [1.165, 1.54) is 0 Å². The fourth-order valence-corrected chi connectivity index (χ4v) is 0.186. The third-order valence-corrected chi connectivity index (χ3v) is 0.582. The van der Waals surface area contributed by atoms with Crippen LogP contribution in [-0.4, -0.2) is 30.2 Å². The average Bonchev–Trinajstić information content (AvgIpc) is 1.84. The molecule has 0 saturated carbocycles. The summed E-state index contributed by atoms with van der Waals surface area (Å²) < 4.78 is 10.8. The number of ether oxygens (including phenoxy) is 1. The van der Waals surface area contributed by atoms with Crippen molar-refractivity contribution < 1.29 is 20.8 Å². The molecule has 0 fully saturated rings. The second-order valence-electron chi connectivity index (χ2n) is 1.24. The van der Waals surface area contributed by atoms with E-state index in [1.54, 1.807) is 0 Å². The van der Waals surface area contributed by atoms with Crippen molar-refractivity contribution in [2.45, 2.75) is 6.02 Å². The molecule has 0 aliphatic carbocycles. The van der Waals surface area contributed by atoms with Gasteiger partial charge >= 0.3 is 5.97 Å². The van der Waals surface area contributed by atoms with Crippen LogP contribution in [0.5, 0.6) is 0 Å². The van der Waals surface area contributed by atoms with Gasteiger partial charge in [-0.2, -0.15) is 0 Å². The van der Waals surface area contributed by atoms with Gasteiger partial charge in [0, 0.05) is 0 Å². The Labute approximate surface area is 52.8 Å². The summed E-state index contributed by atoms with van der Waals surface area (Å²) in [6, 6.07) is -2.24. The van der Waals surface area contributed by atoms with Gasteiger partial charge in [0.1, 0.15) is 12.6 Å². The first kappa shape index (κ1) is 6.03. The minimum Gasteiger partial charge on any atom is -0.480 e. The van der Waals surface area contributed by atoms with Crippen LogP contribution in [0, 0.1) is 0 Å². The lowest BCUT2D eigenvalue weighted by Gasteiger charge is -2.01. The number of hydrogen-bond acceptors (Lipinski definition) is 4. The van der Waals surface area contributed by atoms with Crippen molar-refractivity contribution in [3.8, 4) is 0 Å². The average molecular weight is 134 g/mol. The highest BCUT2D eigenvalue weighted by Crippen LogP contribution is 1.77. The summed E-state index contributed by atoms with van der Waals surface area (Å²) in [6.07, 6.45) is 0. The highest BCUT2D eigenvalue weighted by atomic mass is 16.5. The van der Waals surface area contributed by atoms with Crippen LogP contribution in [0.25, 0.3) is 0 Å². The van der Waals surface area contributed by atoms with Crippen molar-refractivity contribution in [1.29, 1.82) is 0 Å². The van der Waals surface area contributed by atoms with Crippen LogP contribution in [0.4, 0.5) is 0 Å². The van der Waals surface area contributed by atoms with Crippen LogP contribution in [0.15, 0.2) is 0 Å². The van der Waals surface area contributed by atoms with Gasteiger partial charge in [-0.05, 0) is 0 Å². The Morgan fingerprint density at radius 1 is 2.11 bits per heavy atom. The predicted octanol–water partition coefficient (Wildman–Crippen LogP) is -1.43. The monoisotopic (exact) mass is 134 g/mol. The zero-order valence-corrected chi connectivity index (χ0v) is 4.53. The van der Waals surface area contributed by atoms with Crippen LogP contribution in [0.2, 0.25) is 0 Å². The lowest BCUT2D eigenvalue weighted by molar-refractivity contribution is -0.141. The second kappa shape index (κ2) is 3.85. The smallest absolute Gasteiger partial charge is 0.324 e. The molecule has 0 amide bonds. The van der Waals surface area contributed by atoms with Crippen LogP contribution in [0.1, 0.15) is 1.37 Å². The molecule has 0 aromatic carbocycles. The lowest BCUT2D eigenvalue weighted by atomic mass is 10.3. The van der Waals surface area contributed by atoms with Gasteiger partial charge < -0.3 is 15.6 Å². The summed E-state index contributed by atoms with van der Waals surface area (Å²) in [5, 5.41) is 8.16. The summed E-state index contributed by atoms with van der Waals surface area (Å²) in [4.78, 5) is 19.5. The Hall–Kier alpha value is -1.10. The summed E-state index contributed by atoms with van der Waals surface area (Å²) >= 11 is 0. The van der Waals surface area contributed by atoms with Gasteiger partial charge in [0.25, 0.3) is 6.47 Å². The molecule has 0 aromatic heterocycles. The Balaban J connectivity index is 3.86. The molecule has 5 heteroatoms. The fraction of sp³-hybridized carbons (Fsp3) is 0.500. The molecular weight excluding hydrogens is 126 g/mol. The molecule has 0 radical (unpaired) electrons. The van der Waals surface area contributed by atoms with Gasteiger partial charge in [-0.1, -0.05) is 0 Å². The molecule has 5 nitrogen and oxygen atoms in total. The van der Waals surface area contributed by atoms with E-state index in [-0.39, 0.29) is 6.47 Å². The van der Waals surface area contributed by atoms with Crippen molar-refractivity contribution in [2.75, 3.05) is 6.61 Å². The Kier molecular flexibility index (Phi) is 2.58. The quantitative estimate of drug-likeness (QED) is 0.460. The number of rotatable bonds is 4. The molecule has 0 aliphatic rings. The zero-order chi connectivity index (χ0) is 8.20. The van der Waals surface area contributed by atoms with Crippen LogP contribution < -0.4 is 5.73 Å². The molecule has 0 aliphatic heterocycles. The normalized spacial score (nSPS) is 17.2. The predicted molar refractivity (Wildman–Crippen MR) is 27.6 cm³/mol. The lowest BCUT2D eigenvalue weighted by Crippen LogP contribution is -2.34. The highest BCUT2D eigenvalue weighted by molar-refractivity contribution is 5.73. The Bertz CT molecular complexity index is 146. The van der Waals surface area contributed by atoms with E-state index >= 15 is 0 Å². The molecule has 0 saturated heterocycles. The van der Waals surface area contributed by atoms with Crippen molar-refractivity contribution in [2.24, 2.45) is 5.73 Å². The first-order chi connectivity index (χ1) is 4.50. The molecule has 0 spiro atoms. The zero-order valence-electron chi connectivity index (χ0n) is 5.53. The number of nitrogens with two attached hydrogens (primary N) is 1. The molecule has 0 aromatic rings. The van der Waals surface area contributed by atoms with Crippen molar-refractivity contribution in [1.82, 2.24) is 0 Å². The number of hydrogen-bond donors (Lipinski definition) is 2. The molecule has 1 atom stereocenters.